The maximum Gasteiger partial charge on any atom is 0.416 e. The van der Waals surface area contributed by atoms with Gasteiger partial charge in [-0.05, 0) is 85.8 Å². The summed E-state index contributed by atoms with van der Waals surface area (Å²) < 4.78 is 50.8. The van der Waals surface area contributed by atoms with Crippen LogP contribution in [-0.2, 0) is 25.2 Å². The third-order valence-corrected chi connectivity index (χ3v) is 13.7. The van der Waals surface area contributed by atoms with E-state index in [1.165, 1.54) is 14.2 Å². The molecule has 0 aliphatic carbocycles. The number of alkyl carbamates (subject to hydrolysis) is 2. The molecule has 5 heterocycles. The van der Waals surface area contributed by atoms with Crippen molar-refractivity contribution in [3.8, 4) is 22.5 Å². The number of imidazole rings is 2. The quantitative estimate of drug-likeness (QED) is 0.0895. The number of anilines is 1. The van der Waals surface area contributed by atoms with Gasteiger partial charge in [-0.1, -0.05) is 76.2 Å². The van der Waals surface area contributed by atoms with Crippen LogP contribution in [0, 0.1) is 11.8 Å². The molecule has 3 aromatic carbocycles. The molecule has 3 fully saturated rings. The number of benzene rings is 3. The van der Waals surface area contributed by atoms with Gasteiger partial charge in [-0.3, -0.25) is 9.59 Å². The van der Waals surface area contributed by atoms with E-state index in [0.29, 0.717) is 41.8 Å². The van der Waals surface area contributed by atoms with Crippen LogP contribution in [0.15, 0.2) is 85.2 Å². The Labute approximate surface area is 399 Å². The van der Waals surface area contributed by atoms with Gasteiger partial charge in [-0.2, -0.15) is 13.2 Å². The highest BCUT2D eigenvalue weighted by molar-refractivity contribution is 5.87. The Bertz CT molecular complexity index is 2450. The van der Waals surface area contributed by atoms with Crippen LogP contribution in [0.25, 0.3) is 22.5 Å². The molecular formula is C51H60F3N9O6. The zero-order valence-corrected chi connectivity index (χ0v) is 39.7. The Kier molecular flexibility index (Phi) is 14.4. The molecule has 0 saturated carbocycles. The Morgan fingerprint density at radius 3 is 1.38 bits per heavy atom. The molecule has 0 spiro atoms. The number of rotatable bonds is 13. The van der Waals surface area contributed by atoms with Crippen LogP contribution in [0.2, 0.25) is 0 Å². The molecule has 6 atom stereocenters. The van der Waals surface area contributed by atoms with Crippen molar-refractivity contribution in [1.82, 2.24) is 40.4 Å². The van der Waals surface area contributed by atoms with Gasteiger partial charge < -0.3 is 44.8 Å². The van der Waals surface area contributed by atoms with Crippen molar-refractivity contribution in [3.63, 3.8) is 0 Å². The number of methoxy groups -OCH3 is 2. The number of H-pyrrole nitrogens is 2. The van der Waals surface area contributed by atoms with Crippen LogP contribution < -0.4 is 15.5 Å². The fraction of sp³-hybridized carbons (Fsp3) is 0.451. The summed E-state index contributed by atoms with van der Waals surface area (Å²) in [6.07, 6.45) is 2.38. The predicted octanol–water partition coefficient (Wildman–Crippen LogP) is 9.66. The summed E-state index contributed by atoms with van der Waals surface area (Å²) >= 11 is 0. The fourth-order valence-electron chi connectivity index (χ4n) is 10.1. The molecule has 3 aliphatic rings. The minimum Gasteiger partial charge on any atom is -0.453 e. The van der Waals surface area contributed by atoms with Crippen molar-refractivity contribution < 1.29 is 41.8 Å². The molecule has 8 rings (SSSR count). The van der Waals surface area contributed by atoms with Crippen molar-refractivity contribution in [2.45, 2.75) is 109 Å². The molecule has 2 aromatic heterocycles. The predicted molar refractivity (Wildman–Crippen MR) is 252 cm³/mol. The Hall–Kier alpha value is -6.85. The first-order chi connectivity index (χ1) is 33.1. The standard InChI is InChI=1S/C51H60F3N9O6/c1-29(2)43(59-49(66)68-5)47(64)61-25-7-9-41(61)45-55-27-37(57-45)31-11-15-33(16-12-31)39-23-24-40(63(39)36-21-19-35(20-22-36)51(52,53)54)34-17-13-32(14-18-34)38-28-56-46(58-38)42-10-8-26-62(42)48(65)44(30(3)4)60-50(67)69-6/h11-22,27-30,39-44H,7-10,23-26H2,1-6H3,(H,55,57)(H,56,58)(H,59,66)(H,60,67)/t39-,40-,41-,42-,43-,44-/m0/s1. The van der Waals surface area contributed by atoms with Crippen molar-refractivity contribution in [2.24, 2.45) is 11.8 Å². The van der Waals surface area contributed by atoms with E-state index in [-0.39, 0.29) is 47.8 Å². The molecule has 366 valence electrons. The number of hydrogen-bond donors (Lipinski definition) is 4. The van der Waals surface area contributed by atoms with Crippen molar-refractivity contribution in [3.05, 3.63) is 114 Å². The van der Waals surface area contributed by atoms with Crippen LogP contribution in [0.4, 0.5) is 28.4 Å². The third-order valence-electron chi connectivity index (χ3n) is 13.7. The van der Waals surface area contributed by atoms with E-state index in [1.807, 2.05) is 88.6 Å². The second-order valence-corrected chi connectivity index (χ2v) is 18.7. The van der Waals surface area contributed by atoms with Gasteiger partial charge in [-0.25, -0.2) is 19.6 Å². The molecule has 4 amide bonds. The average molecular weight is 952 g/mol. The topological polar surface area (TPSA) is 178 Å². The second kappa shape index (κ2) is 20.4. The maximum atomic E-state index is 13.8. The highest BCUT2D eigenvalue weighted by Gasteiger charge is 2.40. The average Bonchev–Trinajstić information content (AvgIpc) is 4.21. The maximum absolute atomic E-state index is 13.8. The Morgan fingerprint density at radius 2 is 1.01 bits per heavy atom. The lowest BCUT2D eigenvalue weighted by Crippen LogP contribution is -2.51. The summed E-state index contributed by atoms with van der Waals surface area (Å²) in [6, 6.07) is 19.2. The van der Waals surface area contributed by atoms with Gasteiger partial charge in [0.1, 0.15) is 23.7 Å². The van der Waals surface area contributed by atoms with E-state index < -0.39 is 36.0 Å². The first-order valence-corrected chi connectivity index (χ1v) is 23.6. The number of aromatic amines is 2. The lowest BCUT2D eigenvalue weighted by molar-refractivity contribution is -0.138. The molecule has 3 aliphatic heterocycles. The first kappa shape index (κ1) is 48.6. The normalized spacial score (nSPS) is 20.4. The van der Waals surface area contributed by atoms with Crippen LogP contribution in [0.1, 0.15) is 119 Å². The number of hydrogen-bond acceptors (Lipinski definition) is 9. The van der Waals surface area contributed by atoms with Crippen molar-refractivity contribution >= 4 is 29.7 Å². The molecule has 18 heteroatoms. The smallest absolute Gasteiger partial charge is 0.416 e. The van der Waals surface area contributed by atoms with E-state index in [1.54, 1.807) is 21.9 Å². The van der Waals surface area contributed by atoms with Gasteiger partial charge in [0.05, 0.1) is 55.3 Å². The number of carbonyl (C=O) groups excluding carboxylic acids is 4. The van der Waals surface area contributed by atoms with E-state index in [9.17, 15) is 32.3 Å². The van der Waals surface area contributed by atoms with Crippen molar-refractivity contribution in [2.75, 3.05) is 32.2 Å². The zero-order chi connectivity index (χ0) is 49.1. The molecule has 0 bridgehead atoms. The zero-order valence-electron chi connectivity index (χ0n) is 39.7. The number of aromatic nitrogens is 4. The van der Waals surface area contributed by atoms with Gasteiger partial charge in [0.2, 0.25) is 11.8 Å². The van der Waals surface area contributed by atoms with Crippen LogP contribution in [0.5, 0.6) is 0 Å². The number of ether oxygens (including phenoxy) is 2. The summed E-state index contributed by atoms with van der Waals surface area (Å²) in [5.41, 5.74) is 5.10. The summed E-state index contributed by atoms with van der Waals surface area (Å²) in [4.78, 5) is 73.7. The number of alkyl halides is 3. The number of nitrogens with zero attached hydrogens (tertiary/aromatic N) is 5. The lowest BCUT2D eigenvalue weighted by Gasteiger charge is -2.33. The van der Waals surface area contributed by atoms with E-state index >= 15 is 0 Å². The number of likely N-dealkylation sites (tertiary alicyclic amines) is 2. The van der Waals surface area contributed by atoms with Crippen LogP contribution >= 0.6 is 0 Å². The molecule has 5 aromatic rings. The van der Waals surface area contributed by atoms with E-state index in [2.05, 4.69) is 25.5 Å². The summed E-state index contributed by atoms with van der Waals surface area (Å²) in [5, 5.41) is 5.37. The van der Waals surface area contributed by atoms with E-state index in [4.69, 9.17) is 19.4 Å². The molecule has 3 saturated heterocycles. The molecule has 4 N–H and O–H groups in total. The van der Waals surface area contributed by atoms with Crippen molar-refractivity contribution in [1.29, 1.82) is 0 Å². The number of carbonyl (C=O) groups is 4. The Balaban J connectivity index is 1.00. The highest BCUT2D eigenvalue weighted by Crippen LogP contribution is 2.48. The fourth-order valence-corrected chi connectivity index (χ4v) is 10.1. The van der Waals surface area contributed by atoms with Crippen LogP contribution in [-0.4, -0.2) is 93.1 Å². The number of halogens is 3. The SMILES string of the molecule is COC(=O)N[C@H](C(=O)N1CCC[C@H]1c1nc(-c2ccc([C@@H]3CC[C@@H](c4ccc(-c5c[nH]c([C@@H]6CCCN6C(=O)[C@@H](NC(=O)OC)C(C)C)n5)cc4)N3c3ccc(C(F)(F)F)cc3)cc2)c[nH]1)C(C)C. The second-order valence-electron chi connectivity index (χ2n) is 18.7. The largest absolute Gasteiger partial charge is 0.453 e. The molecule has 69 heavy (non-hydrogen) atoms. The number of nitrogens with one attached hydrogen (secondary N) is 4. The summed E-state index contributed by atoms with van der Waals surface area (Å²) in [7, 11) is 2.53. The molecule has 15 nitrogen and oxygen atoms in total. The van der Waals surface area contributed by atoms with Gasteiger partial charge in [0, 0.05) is 42.3 Å². The van der Waals surface area contributed by atoms with E-state index in [0.717, 1.165) is 72.9 Å². The monoisotopic (exact) mass is 951 g/mol. The molecule has 0 unspecified atom stereocenters. The van der Waals surface area contributed by atoms with Gasteiger partial charge in [0.25, 0.3) is 0 Å². The molecule has 0 radical (unpaired) electrons. The van der Waals surface area contributed by atoms with Gasteiger partial charge in [0.15, 0.2) is 0 Å². The van der Waals surface area contributed by atoms with Gasteiger partial charge >= 0.3 is 18.4 Å². The lowest BCUT2D eigenvalue weighted by atomic mass is 10.0. The highest BCUT2D eigenvalue weighted by atomic mass is 19.4. The minimum atomic E-state index is -4.47. The number of amides is 4. The molecular weight excluding hydrogens is 892 g/mol. The first-order valence-electron chi connectivity index (χ1n) is 23.6. The summed E-state index contributed by atoms with van der Waals surface area (Å²) in [5.74, 6) is 0.624. The van der Waals surface area contributed by atoms with Gasteiger partial charge in [-0.15, -0.1) is 0 Å². The van der Waals surface area contributed by atoms with Crippen LogP contribution in [0.3, 0.4) is 0 Å². The minimum absolute atomic E-state index is 0.148. The Morgan fingerprint density at radius 1 is 0.609 bits per heavy atom. The summed E-state index contributed by atoms with van der Waals surface area (Å²) in [6.45, 7) is 8.57. The third kappa shape index (κ3) is 10.3.